The van der Waals surface area contributed by atoms with Gasteiger partial charge in [-0.3, -0.25) is 9.80 Å². The summed E-state index contributed by atoms with van der Waals surface area (Å²) in [5, 5.41) is 3.78. The van der Waals surface area contributed by atoms with E-state index >= 15 is 0 Å². The summed E-state index contributed by atoms with van der Waals surface area (Å²) < 4.78 is 22.2. The van der Waals surface area contributed by atoms with Gasteiger partial charge in [0.25, 0.3) is 0 Å². The average Bonchev–Trinajstić information content (AvgIpc) is 2.90. The molecule has 9 nitrogen and oxygen atoms in total. The average molecular weight is 534 g/mol. The Bertz CT molecular complexity index is 955. The summed E-state index contributed by atoms with van der Waals surface area (Å²) in [6.45, 7) is 11.4. The molecule has 0 atom stereocenters. The van der Waals surface area contributed by atoms with Crippen molar-refractivity contribution in [2.75, 3.05) is 78.9 Å². The Hall–Kier alpha value is -2.43. The van der Waals surface area contributed by atoms with Crippen molar-refractivity contribution in [2.24, 2.45) is 0 Å². The molecule has 202 valence electrons. The van der Waals surface area contributed by atoms with Crippen LogP contribution >= 0.6 is 11.6 Å². The van der Waals surface area contributed by atoms with E-state index in [-0.39, 0.29) is 13.2 Å². The first-order valence-corrected chi connectivity index (χ1v) is 13.2. The highest BCUT2D eigenvalue weighted by Gasteiger charge is 2.38. The highest BCUT2D eigenvalue weighted by atomic mass is 35.5. The SMILES string of the molecule is CC1=C(C(=O)OCCN2CCOCC2)C(c2ccc(Cl)cc2)C(C(=O)OCCN2CCOCC2)=C(C)N1. The van der Waals surface area contributed by atoms with Gasteiger partial charge in [0.05, 0.1) is 43.5 Å². The van der Waals surface area contributed by atoms with Crippen LogP contribution in [0.4, 0.5) is 0 Å². The molecule has 0 aromatic heterocycles. The molecule has 1 aromatic rings. The van der Waals surface area contributed by atoms with Crippen molar-refractivity contribution in [3.8, 4) is 0 Å². The maximum atomic E-state index is 13.4. The number of nitrogens with zero attached hydrogens (tertiary/aromatic N) is 2. The molecule has 0 radical (unpaired) electrons. The van der Waals surface area contributed by atoms with E-state index < -0.39 is 17.9 Å². The number of rotatable bonds is 9. The fourth-order valence-corrected chi connectivity index (χ4v) is 4.99. The number of allylic oxidation sites excluding steroid dienone is 2. The number of halogens is 1. The number of benzene rings is 1. The van der Waals surface area contributed by atoms with Gasteiger partial charge in [-0.2, -0.15) is 0 Å². The van der Waals surface area contributed by atoms with Gasteiger partial charge in [0.2, 0.25) is 0 Å². The molecule has 10 heteroatoms. The van der Waals surface area contributed by atoms with Crippen LogP contribution in [0.2, 0.25) is 5.02 Å². The van der Waals surface area contributed by atoms with E-state index in [0.717, 1.165) is 31.7 Å². The summed E-state index contributed by atoms with van der Waals surface area (Å²) in [5.74, 6) is -1.54. The molecule has 0 unspecified atom stereocenters. The maximum absolute atomic E-state index is 13.4. The number of esters is 2. The summed E-state index contributed by atoms with van der Waals surface area (Å²) in [5.41, 5.74) is 2.87. The largest absolute Gasteiger partial charge is 0.461 e. The van der Waals surface area contributed by atoms with E-state index in [9.17, 15) is 9.59 Å². The molecule has 1 N–H and O–H groups in total. The monoisotopic (exact) mass is 533 g/mol. The van der Waals surface area contributed by atoms with Gasteiger partial charge in [-0.1, -0.05) is 23.7 Å². The Kier molecular flexibility index (Phi) is 9.99. The normalized spacial score (nSPS) is 20.1. The number of carbonyl (C=O) groups is 2. The number of nitrogens with one attached hydrogen (secondary N) is 1. The molecule has 0 saturated carbocycles. The van der Waals surface area contributed by atoms with Crippen molar-refractivity contribution in [1.82, 2.24) is 15.1 Å². The van der Waals surface area contributed by atoms with Crippen LogP contribution in [-0.4, -0.2) is 101 Å². The van der Waals surface area contributed by atoms with Crippen molar-refractivity contribution >= 4 is 23.5 Å². The third kappa shape index (κ3) is 7.33. The van der Waals surface area contributed by atoms with Gasteiger partial charge >= 0.3 is 11.9 Å². The maximum Gasteiger partial charge on any atom is 0.336 e. The highest BCUT2D eigenvalue weighted by molar-refractivity contribution is 6.30. The molecule has 0 spiro atoms. The first kappa shape index (κ1) is 27.6. The highest BCUT2D eigenvalue weighted by Crippen LogP contribution is 2.39. The molecular weight excluding hydrogens is 498 g/mol. The molecule has 3 heterocycles. The van der Waals surface area contributed by atoms with Crippen molar-refractivity contribution in [2.45, 2.75) is 19.8 Å². The molecule has 3 aliphatic heterocycles. The molecule has 3 aliphatic rings. The molecule has 1 aromatic carbocycles. The molecule has 2 saturated heterocycles. The Morgan fingerprint density at radius 1 is 0.838 bits per heavy atom. The third-order valence-corrected chi connectivity index (χ3v) is 7.14. The lowest BCUT2D eigenvalue weighted by Crippen LogP contribution is -2.39. The standard InChI is InChI=1S/C27H36ClN3O6/c1-19-23(26(32)36-17-11-30-7-13-34-14-8-30)25(21-3-5-22(28)6-4-21)24(20(2)29-19)27(33)37-18-12-31-9-15-35-16-10-31/h3-6,25,29H,7-18H2,1-2H3. The van der Waals surface area contributed by atoms with Crippen molar-refractivity contribution in [3.63, 3.8) is 0 Å². The van der Waals surface area contributed by atoms with Crippen LogP contribution in [-0.2, 0) is 28.5 Å². The molecule has 0 aliphatic carbocycles. The van der Waals surface area contributed by atoms with Gasteiger partial charge in [-0.25, -0.2) is 9.59 Å². The predicted molar refractivity (Wildman–Crippen MR) is 139 cm³/mol. The topological polar surface area (TPSA) is 89.6 Å². The summed E-state index contributed by atoms with van der Waals surface area (Å²) in [4.78, 5) is 31.2. The van der Waals surface area contributed by atoms with E-state index in [2.05, 4.69) is 15.1 Å². The smallest absolute Gasteiger partial charge is 0.336 e. The lowest BCUT2D eigenvalue weighted by molar-refractivity contribution is -0.140. The summed E-state index contributed by atoms with van der Waals surface area (Å²) >= 11 is 6.14. The fourth-order valence-electron chi connectivity index (χ4n) is 4.86. The molecule has 0 bridgehead atoms. The van der Waals surface area contributed by atoms with E-state index in [1.54, 1.807) is 12.1 Å². The van der Waals surface area contributed by atoms with E-state index in [1.807, 2.05) is 26.0 Å². The molecular formula is C27H36ClN3O6. The molecule has 0 amide bonds. The third-order valence-electron chi connectivity index (χ3n) is 6.89. The molecule has 2 fully saturated rings. The van der Waals surface area contributed by atoms with Crippen LogP contribution in [0.15, 0.2) is 46.8 Å². The molecule has 37 heavy (non-hydrogen) atoms. The second-order valence-electron chi connectivity index (χ2n) is 9.37. The first-order chi connectivity index (χ1) is 17.9. The minimum Gasteiger partial charge on any atom is -0.461 e. The van der Waals surface area contributed by atoms with Gasteiger partial charge in [-0.15, -0.1) is 0 Å². The van der Waals surface area contributed by atoms with Crippen LogP contribution < -0.4 is 5.32 Å². The summed E-state index contributed by atoms with van der Waals surface area (Å²) in [6, 6.07) is 7.18. The quantitative estimate of drug-likeness (QED) is 0.480. The van der Waals surface area contributed by atoms with Gasteiger partial charge < -0.3 is 24.3 Å². The number of dihydropyridines is 1. The Morgan fingerprint density at radius 2 is 1.27 bits per heavy atom. The van der Waals surface area contributed by atoms with Gasteiger partial charge in [0.1, 0.15) is 13.2 Å². The van der Waals surface area contributed by atoms with Gasteiger partial charge in [0.15, 0.2) is 0 Å². The number of ether oxygens (including phenoxy) is 4. The lowest BCUT2D eigenvalue weighted by Gasteiger charge is -2.31. The Labute approximate surface area is 223 Å². The van der Waals surface area contributed by atoms with E-state index in [1.165, 1.54) is 0 Å². The van der Waals surface area contributed by atoms with Gasteiger partial charge in [-0.05, 0) is 31.5 Å². The van der Waals surface area contributed by atoms with Crippen molar-refractivity contribution < 1.29 is 28.5 Å². The van der Waals surface area contributed by atoms with E-state index in [4.69, 9.17) is 30.5 Å². The number of hydrogen-bond acceptors (Lipinski definition) is 9. The second kappa shape index (κ2) is 13.4. The summed E-state index contributed by atoms with van der Waals surface area (Å²) in [6.07, 6.45) is 0. The Morgan fingerprint density at radius 3 is 1.70 bits per heavy atom. The second-order valence-corrected chi connectivity index (χ2v) is 9.80. The fraction of sp³-hybridized carbons (Fsp3) is 0.556. The number of morpholine rings is 2. The zero-order valence-corrected chi connectivity index (χ0v) is 22.3. The molecule has 4 rings (SSSR count). The minimum absolute atomic E-state index is 0.255. The minimum atomic E-state index is -0.634. The van der Waals surface area contributed by atoms with Crippen LogP contribution in [0.25, 0.3) is 0 Å². The van der Waals surface area contributed by atoms with Crippen molar-refractivity contribution in [1.29, 1.82) is 0 Å². The first-order valence-electron chi connectivity index (χ1n) is 12.8. The van der Waals surface area contributed by atoms with Crippen LogP contribution in [0, 0.1) is 0 Å². The Balaban J connectivity index is 1.50. The number of carbonyl (C=O) groups excluding carboxylic acids is 2. The van der Waals surface area contributed by atoms with Crippen LogP contribution in [0.5, 0.6) is 0 Å². The van der Waals surface area contributed by atoms with Gasteiger partial charge in [0, 0.05) is 55.7 Å². The van der Waals surface area contributed by atoms with Crippen molar-refractivity contribution in [3.05, 3.63) is 57.4 Å². The zero-order valence-electron chi connectivity index (χ0n) is 21.6. The van der Waals surface area contributed by atoms with Crippen LogP contribution in [0.3, 0.4) is 0 Å². The summed E-state index contributed by atoms with van der Waals surface area (Å²) in [7, 11) is 0. The lowest BCUT2D eigenvalue weighted by atomic mass is 9.80. The predicted octanol–water partition coefficient (Wildman–Crippen LogP) is 2.33. The number of hydrogen-bond donors (Lipinski definition) is 1. The van der Waals surface area contributed by atoms with Crippen LogP contribution in [0.1, 0.15) is 25.3 Å². The zero-order chi connectivity index (χ0) is 26.2. The van der Waals surface area contributed by atoms with E-state index in [0.29, 0.717) is 67.1 Å².